The predicted molar refractivity (Wildman–Crippen MR) is 77.9 cm³/mol. The third-order valence-corrected chi connectivity index (χ3v) is 3.12. The van der Waals surface area contributed by atoms with Gasteiger partial charge in [-0.2, -0.15) is 0 Å². The maximum absolute atomic E-state index is 5.88. The van der Waals surface area contributed by atoms with Gasteiger partial charge in [-0.3, -0.25) is 9.97 Å². The van der Waals surface area contributed by atoms with Crippen LogP contribution in [0, 0.1) is 0 Å². The van der Waals surface area contributed by atoms with E-state index < -0.39 is 0 Å². The zero-order valence-corrected chi connectivity index (χ0v) is 10.9. The average molecular weight is 267 g/mol. The zero-order valence-electron chi connectivity index (χ0n) is 10.1. The lowest BCUT2D eigenvalue weighted by Gasteiger charge is -2.03. The molecule has 3 rings (SSSR count). The molecule has 0 atom stereocenters. The van der Waals surface area contributed by atoms with Crippen molar-refractivity contribution in [2.75, 3.05) is 0 Å². The lowest BCUT2D eigenvalue weighted by atomic mass is 10.1. The van der Waals surface area contributed by atoms with Crippen molar-refractivity contribution in [3.63, 3.8) is 0 Å². The SMILES string of the molecule is Clc1ccc(-c2ccc(-c3ccccn3)nc2)cc1. The highest BCUT2D eigenvalue weighted by Crippen LogP contribution is 2.22. The van der Waals surface area contributed by atoms with Crippen molar-refractivity contribution in [2.45, 2.75) is 0 Å². The van der Waals surface area contributed by atoms with Crippen molar-refractivity contribution in [2.24, 2.45) is 0 Å². The Morgan fingerprint density at radius 1 is 0.684 bits per heavy atom. The summed E-state index contributed by atoms with van der Waals surface area (Å²) in [5.74, 6) is 0. The average Bonchev–Trinajstić information content (AvgIpc) is 2.49. The van der Waals surface area contributed by atoms with Gasteiger partial charge in [0.25, 0.3) is 0 Å². The molecule has 0 N–H and O–H groups in total. The Kier molecular flexibility index (Phi) is 3.25. The summed E-state index contributed by atoms with van der Waals surface area (Å²) in [6.45, 7) is 0. The van der Waals surface area contributed by atoms with E-state index in [9.17, 15) is 0 Å². The third kappa shape index (κ3) is 2.64. The summed E-state index contributed by atoms with van der Waals surface area (Å²) in [4.78, 5) is 8.74. The number of nitrogens with zero attached hydrogens (tertiary/aromatic N) is 2. The first-order valence-electron chi connectivity index (χ1n) is 5.96. The van der Waals surface area contributed by atoms with Gasteiger partial charge in [0.05, 0.1) is 11.4 Å². The number of pyridine rings is 2. The van der Waals surface area contributed by atoms with Gasteiger partial charge in [0.2, 0.25) is 0 Å². The quantitative estimate of drug-likeness (QED) is 0.684. The predicted octanol–water partition coefficient (Wildman–Crippen LogP) is 4.46. The van der Waals surface area contributed by atoms with Crippen LogP contribution in [0.4, 0.5) is 0 Å². The molecule has 0 aliphatic carbocycles. The minimum Gasteiger partial charge on any atom is -0.255 e. The van der Waals surface area contributed by atoms with Crippen LogP contribution in [-0.2, 0) is 0 Å². The molecule has 19 heavy (non-hydrogen) atoms. The number of benzene rings is 1. The fourth-order valence-corrected chi connectivity index (χ4v) is 2.00. The van der Waals surface area contributed by atoms with Gasteiger partial charge in [0, 0.05) is 23.0 Å². The van der Waals surface area contributed by atoms with Crippen LogP contribution >= 0.6 is 11.6 Å². The van der Waals surface area contributed by atoms with E-state index in [1.165, 1.54) is 0 Å². The molecule has 0 unspecified atom stereocenters. The molecule has 0 saturated heterocycles. The summed E-state index contributed by atoms with van der Waals surface area (Å²) in [6, 6.07) is 17.5. The highest BCUT2D eigenvalue weighted by atomic mass is 35.5. The number of aromatic nitrogens is 2. The topological polar surface area (TPSA) is 25.8 Å². The zero-order chi connectivity index (χ0) is 13.1. The molecule has 2 nitrogen and oxygen atoms in total. The molecule has 3 aromatic rings. The lowest BCUT2D eigenvalue weighted by molar-refractivity contribution is 1.25. The van der Waals surface area contributed by atoms with Crippen molar-refractivity contribution in [3.8, 4) is 22.5 Å². The van der Waals surface area contributed by atoms with E-state index in [0.29, 0.717) is 0 Å². The molecule has 0 saturated carbocycles. The summed E-state index contributed by atoms with van der Waals surface area (Å²) >= 11 is 5.88. The molecule has 2 aromatic heterocycles. The molecule has 0 bridgehead atoms. The van der Waals surface area contributed by atoms with Crippen LogP contribution in [0.15, 0.2) is 67.0 Å². The lowest BCUT2D eigenvalue weighted by Crippen LogP contribution is -1.87. The third-order valence-electron chi connectivity index (χ3n) is 2.87. The van der Waals surface area contributed by atoms with Crippen LogP contribution in [0.1, 0.15) is 0 Å². The van der Waals surface area contributed by atoms with Gasteiger partial charge in [-0.15, -0.1) is 0 Å². The van der Waals surface area contributed by atoms with Crippen LogP contribution < -0.4 is 0 Å². The van der Waals surface area contributed by atoms with Gasteiger partial charge in [0.15, 0.2) is 0 Å². The first kappa shape index (κ1) is 11.9. The summed E-state index contributed by atoms with van der Waals surface area (Å²) in [6.07, 6.45) is 3.62. The standard InChI is InChI=1S/C16H11ClN2/c17-14-7-4-12(5-8-14)13-6-9-16(19-11-13)15-3-1-2-10-18-15/h1-11H. The molecule has 0 fully saturated rings. The van der Waals surface area contributed by atoms with E-state index in [2.05, 4.69) is 9.97 Å². The number of hydrogen-bond donors (Lipinski definition) is 0. The van der Waals surface area contributed by atoms with E-state index in [-0.39, 0.29) is 0 Å². The van der Waals surface area contributed by atoms with Gasteiger partial charge in [-0.05, 0) is 35.9 Å². The van der Waals surface area contributed by atoms with Gasteiger partial charge in [-0.25, -0.2) is 0 Å². The van der Waals surface area contributed by atoms with Crippen molar-refractivity contribution >= 4 is 11.6 Å². The summed E-state index contributed by atoms with van der Waals surface area (Å²) in [7, 11) is 0. The molecule has 2 heterocycles. The van der Waals surface area contributed by atoms with Crippen LogP contribution in [0.25, 0.3) is 22.5 Å². The Labute approximate surface area is 116 Å². The van der Waals surface area contributed by atoms with Crippen LogP contribution in [0.5, 0.6) is 0 Å². The number of hydrogen-bond acceptors (Lipinski definition) is 2. The van der Waals surface area contributed by atoms with Gasteiger partial charge in [0.1, 0.15) is 0 Å². The summed E-state index contributed by atoms with van der Waals surface area (Å²) in [5, 5.41) is 0.738. The van der Waals surface area contributed by atoms with E-state index in [1.807, 2.05) is 60.8 Å². The molecule has 0 aliphatic rings. The van der Waals surface area contributed by atoms with Crippen LogP contribution in [0.3, 0.4) is 0 Å². The molecule has 0 aliphatic heterocycles. The van der Waals surface area contributed by atoms with E-state index in [0.717, 1.165) is 27.5 Å². The monoisotopic (exact) mass is 266 g/mol. The molecule has 3 heteroatoms. The van der Waals surface area contributed by atoms with Gasteiger partial charge < -0.3 is 0 Å². The van der Waals surface area contributed by atoms with Gasteiger partial charge >= 0.3 is 0 Å². The molecular formula is C16H11ClN2. The first-order chi connectivity index (χ1) is 9.33. The second kappa shape index (κ2) is 5.21. The Balaban J connectivity index is 1.93. The molecular weight excluding hydrogens is 256 g/mol. The minimum atomic E-state index is 0.738. The minimum absolute atomic E-state index is 0.738. The van der Waals surface area contributed by atoms with Crippen LogP contribution in [0.2, 0.25) is 5.02 Å². The smallest absolute Gasteiger partial charge is 0.0886 e. The maximum atomic E-state index is 5.88. The first-order valence-corrected chi connectivity index (χ1v) is 6.34. The number of halogens is 1. The second-order valence-corrected chi connectivity index (χ2v) is 4.59. The number of rotatable bonds is 2. The van der Waals surface area contributed by atoms with Crippen molar-refractivity contribution in [1.82, 2.24) is 9.97 Å². The highest BCUT2D eigenvalue weighted by molar-refractivity contribution is 6.30. The Hall–Kier alpha value is -2.19. The van der Waals surface area contributed by atoms with Crippen molar-refractivity contribution in [1.29, 1.82) is 0 Å². The van der Waals surface area contributed by atoms with Gasteiger partial charge in [-0.1, -0.05) is 35.9 Å². The van der Waals surface area contributed by atoms with Crippen molar-refractivity contribution in [3.05, 3.63) is 72.0 Å². The second-order valence-electron chi connectivity index (χ2n) is 4.15. The summed E-state index contributed by atoms with van der Waals surface area (Å²) in [5.41, 5.74) is 3.92. The van der Waals surface area contributed by atoms with Crippen molar-refractivity contribution < 1.29 is 0 Å². The van der Waals surface area contributed by atoms with E-state index in [1.54, 1.807) is 6.20 Å². The molecule has 1 aromatic carbocycles. The van der Waals surface area contributed by atoms with Crippen LogP contribution in [-0.4, -0.2) is 9.97 Å². The summed E-state index contributed by atoms with van der Waals surface area (Å²) < 4.78 is 0. The maximum Gasteiger partial charge on any atom is 0.0886 e. The Morgan fingerprint density at radius 2 is 1.42 bits per heavy atom. The van der Waals surface area contributed by atoms with E-state index >= 15 is 0 Å². The molecule has 0 spiro atoms. The van der Waals surface area contributed by atoms with E-state index in [4.69, 9.17) is 11.6 Å². The molecule has 0 amide bonds. The largest absolute Gasteiger partial charge is 0.255 e. The highest BCUT2D eigenvalue weighted by Gasteiger charge is 2.02. The Morgan fingerprint density at radius 3 is 2.05 bits per heavy atom. The molecule has 92 valence electrons. The normalized spacial score (nSPS) is 10.4. The Bertz CT molecular complexity index is 661. The fourth-order valence-electron chi connectivity index (χ4n) is 1.87. The molecule has 0 radical (unpaired) electrons. The fraction of sp³-hybridized carbons (Fsp3) is 0.